The van der Waals surface area contributed by atoms with E-state index in [4.69, 9.17) is 5.73 Å². The fraction of sp³-hybridized carbons (Fsp3) is 0.474. The third kappa shape index (κ3) is 2.74. The van der Waals surface area contributed by atoms with Gasteiger partial charge in [-0.3, -0.25) is 9.48 Å². The second kappa shape index (κ2) is 6.26. The van der Waals surface area contributed by atoms with E-state index < -0.39 is 0 Å². The number of benzene rings is 1. The lowest BCUT2D eigenvalue weighted by atomic mass is 9.91. The number of halogens is 1. The maximum atomic E-state index is 13.5. The Labute approximate surface area is 146 Å². The highest BCUT2D eigenvalue weighted by Crippen LogP contribution is 2.31. The molecule has 25 heavy (non-hydrogen) atoms. The van der Waals surface area contributed by atoms with Gasteiger partial charge in [0.2, 0.25) is 0 Å². The highest BCUT2D eigenvalue weighted by atomic mass is 19.1. The summed E-state index contributed by atoms with van der Waals surface area (Å²) in [5.41, 5.74) is 9.60. The van der Waals surface area contributed by atoms with Crippen LogP contribution < -0.4 is 5.73 Å². The molecular weight excluding hydrogens is 319 g/mol. The van der Waals surface area contributed by atoms with Gasteiger partial charge in [-0.2, -0.15) is 5.10 Å². The van der Waals surface area contributed by atoms with E-state index >= 15 is 0 Å². The van der Waals surface area contributed by atoms with Crippen molar-refractivity contribution < 1.29 is 9.18 Å². The number of rotatable bonds is 2. The van der Waals surface area contributed by atoms with Crippen LogP contribution >= 0.6 is 0 Å². The van der Waals surface area contributed by atoms with E-state index in [-0.39, 0.29) is 23.7 Å². The number of nitrogens with zero attached hydrogens (tertiary/aromatic N) is 3. The zero-order valence-corrected chi connectivity index (χ0v) is 14.4. The molecule has 0 saturated carbocycles. The first-order valence-corrected chi connectivity index (χ1v) is 8.92. The average molecular weight is 342 g/mol. The van der Waals surface area contributed by atoms with E-state index in [2.05, 4.69) is 5.10 Å². The van der Waals surface area contributed by atoms with Gasteiger partial charge in [-0.1, -0.05) is 6.07 Å². The van der Waals surface area contributed by atoms with Crippen LogP contribution in [0, 0.1) is 5.82 Å². The van der Waals surface area contributed by atoms with E-state index in [1.54, 1.807) is 18.3 Å². The minimum atomic E-state index is -0.220. The van der Waals surface area contributed by atoms with Gasteiger partial charge in [0.25, 0.3) is 5.91 Å². The normalized spacial score (nSPS) is 22.4. The molecule has 132 valence electrons. The SMILES string of the molecule is CC1Cc2cc(F)ccc2CN1C(=O)c1cnn2c1C(CN)CCC2. The van der Waals surface area contributed by atoms with E-state index in [0.717, 1.165) is 36.2 Å². The Morgan fingerprint density at radius 3 is 3.04 bits per heavy atom. The fourth-order valence-corrected chi connectivity index (χ4v) is 4.16. The van der Waals surface area contributed by atoms with Gasteiger partial charge < -0.3 is 10.6 Å². The minimum absolute atomic E-state index is 0.00377. The molecule has 0 aliphatic carbocycles. The second-order valence-corrected chi connectivity index (χ2v) is 7.14. The van der Waals surface area contributed by atoms with Gasteiger partial charge in [0.15, 0.2) is 0 Å². The quantitative estimate of drug-likeness (QED) is 0.912. The van der Waals surface area contributed by atoms with Gasteiger partial charge in [-0.25, -0.2) is 4.39 Å². The van der Waals surface area contributed by atoms with Gasteiger partial charge in [-0.05, 0) is 49.4 Å². The summed E-state index contributed by atoms with van der Waals surface area (Å²) in [5.74, 6) is -0.0250. The van der Waals surface area contributed by atoms with Gasteiger partial charge in [0.05, 0.1) is 17.5 Å². The topological polar surface area (TPSA) is 64.2 Å². The van der Waals surface area contributed by atoms with Crippen molar-refractivity contribution in [1.82, 2.24) is 14.7 Å². The first-order valence-electron chi connectivity index (χ1n) is 8.92. The number of carbonyl (C=O) groups excluding carboxylic acids is 1. The smallest absolute Gasteiger partial charge is 0.257 e. The number of carbonyl (C=O) groups is 1. The molecule has 1 aromatic heterocycles. The highest BCUT2D eigenvalue weighted by molar-refractivity contribution is 5.95. The van der Waals surface area contributed by atoms with E-state index in [1.807, 2.05) is 16.5 Å². The molecule has 0 spiro atoms. The Balaban J connectivity index is 1.66. The maximum absolute atomic E-state index is 13.5. The van der Waals surface area contributed by atoms with E-state index in [9.17, 15) is 9.18 Å². The summed E-state index contributed by atoms with van der Waals surface area (Å²) in [6.45, 7) is 3.90. The van der Waals surface area contributed by atoms with Gasteiger partial charge in [0.1, 0.15) is 5.82 Å². The Hall–Kier alpha value is -2.21. The molecule has 2 atom stereocenters. The molecule has 0 fully saturated rings. The highest BCUT2D eigenvalue weighted by Gasteiger charge is 2.33. The molecule has 2 unspecified atom stereocenters. The number of fused-ring (bicyclic) bond motifs is 2. The molecule has 2 aliphatic rings. The van der Waals surface area contributed by atoms with Crippen LogP contribution in [0.5, 0.6) is 0 Å². The molecule has 1 aromatic carbocycles. The lowest BCUT2D eigenvalue weighted by Crippen LogP contribution is -2.43. The maximum Gasteiger partial charge on any atom is 0.257 e. The lowest BCUT2D eigenvalue weighted by molar-refractivity contribution is 0.0655. The van der Waals surface area contributed by atoms with Crippen molar-refractivity contribution in [3.63, 3.8) is 0 Å². The molecule has 2 aliphatic heterocycles. The molecule has 0 saturated heterocycles. The summed E-state index contributed by atoms with van der Waals surface area (Å²) < 4.78 is 15.4. The third-order valence-electron chi connectivity index (χ3n) is 5.52. The van der Waals surface area contributed by atoms with Gasteiger partial charge in [0, 0.05) is 31.6 Å². The van der Waals surface area contributed by atoms with Crippen LogP contribution in [0.4, 0.5) is 4.39 Å². The summed E-state index contributed by atoms with van der Waals surface area (Å²) in [6, 6.07) is 4.86. The Bertz CT molecular complexity index is 816. The number of hydrogen-bond acceptors (Lipinski definition) is 3. The monoisotopic (exact) mass is 342 g/mol. The summed E-state index contributed by atoms with van der Waals surface area (Å²) in [7, 11) is 0. The summed E-state index contributed by atoms with van der Waals surface area (Å²) >= 11 is 0. The number of nitrogens with two attached hydrogens (primary N) is 1. The van der Waals surface area contributed by atoms with Crippen LogP contribution in [0.3, 0.4) is 0 Å². The standard InChI is InChI=1S/C19H23FN4O/c1-12-7-15-8-16(20)5-4-14(15)11-23(12)19(25)17-10-22-24-6-2-3-13(9-21)18(17)24/h4-5,8,10,12-13H,2-3,6-7,9,11,21H2,1H3. The van der Waals surface area contributed by atoms with Gasteiger partial charge >= 0.3 is 0 Å². The molecule has 0 bridgehead atoms. The largest absolute Gasteiger partial charge is 0.331 e. The van der Waals surface area contributed by atoms with Crippen molar-refractivity contribution in [3.8, 4) is 0 Å². The van der Waals surface area contributed by atoms with Crippen molar-refractivity contribution in [2.45, 2.75) is 51.2 Å². The van der Waals surface area contributed by atoms with Crippen molar-refractivity contribution >= 4 is 5.91 Å². The molecule has 5 nitrogen and oxygen atoms in total. The predicted molar refractivity (Wildman–Crippen MR) is 92.7 cm³/mol. The summed E-state index contributed by atoms with van der Waals surface area (Å²) in [4.78, 5) is 15.1. The van der Waals surface area contributed by atoms with Crippen LogP contribution in [-0.2, 0) is 19.5 Å². The molecule has 1 amide bonds. The first-order chi connectivity index (χ1) is 12.1. The van der Waals surface area contributed by atoms with Crippen LogP contribution in [0.1, 0.15) is 52.9 Å². The summed E-state index contributed by atoms with van der Waals surface area (Å²) in [6.07, 6.45) is 4.41. The van der Waals surface area contributed by atoms with Crippen molar-refractivity contribution in [2.75, 3.05) is 6.54 Å². The van der Waals surface area contributed by atoms with Crippen LogP contribution in [0.15, 0.2) is 24.4 Å². The van der Waals surface area contributed by atoms with Crippen LogP contribution in [-0.4, -0.2) is 33.2 Å². The first kappa shape index (κ1) is 16.3. The van der Waals surface area contributed by atoms with Crippen molar-refractivity contribution in [2.24, 2.45) is 5.73 Å². The molecule has 2 N–H and O–H groups in total. The fourth-order valence-electron chi connectivity index (χ4n) is 4.16. The Morgan fingerprint density at radius 1 is 1.40 bits per heavy atom. The summed E-state index contributed by atoms with van der Waals surface area (Å²) in [5, 5.41) is 4.42. The molecule has 2 aromatic rings. The van der Waals surface area contributed by atoms with Crippen LogP contribution in [0.2, 0.25) is 0 Å². The lowest BCUT2D eigenvalue weighted by Gasteiger charge is -2.35. The third-order valence-corrected chi connectivity index (χ3v) is 5.52. The molecule has 4 rings (SSSR count). The van der Waals surface area contributed by atoms with Crippen LogP contribution in [0.25, 0.3) is 0 Å². The van der Waals surface area contributed by atoms with Crippen molar-refractivity contribution in [3.05, 3.63) is 52.6 Å². The van der Waals surface area contributed by atoms with E-state index in [1.165, 1.54) is 6.07 Å². The number of hydrogen-bond donors (Lipinski definition) is 1. The zero-order valence-electron chi connectivity index (χ0n) is 14.4. The molecule has 3 heterocycles. The molecule has 0 radical (unpaired) electrons. The molecular formula is C19H23FN4O. The number of aromatic nitrogens is 2. The zero-order chi connectivity index (χ0) is 17.6. The number of aryl methyl sites for hydroxylation is 1. The minimum Gasteiger partial charge on any atom is -0.331 e. The van der Waals surface area contributed by atoms with Gasteiger partial charge in [-0.15, -0.1) is 0 Å². The Kier molecular flexibility index (Phi) is 4.07. The predicted octanol–water partition coefficient (Wildman–Crippen LogP) is 2.45. The second-order valence-electron chi connectivity index (χ2n) is 7.14. The Morgan fingerprint density at radius 2 is 2.24 bits per heavy atom. The average Bonchev–Trinajstić information content (AvgIpc) is 3.04. The molecule has 6 heteroatoms. The number of amides is 1. The van der Waals surface area contributed by atoms with E-state index in [0.29, 0.717) is 25.1 Å². The van der Waals surface area contributed by atoms with Crippen molar-refractivity contribution in [1.29, 1.82) is 0 Å².